The van der Waals surface area contributed by atoms with Crippen molar-refractivity contribution in [3.8, 4) is 0 Å². The molecule has 4 heterocycles. The highest BCUT2D eigenvalue weighted by Gasteiger charge is 2.51. The molecule has 3 fully saturated rings. The lowest BCUT2D eigenvalue weighted by Gasteiger charge is -2.47. The average molecular weight is 330 g/mol. The molecule has 1 atom stereocenters. The van der Waals surface area contributed by atoms with Gasteiger partial charge in [0, 0.05) is 31.9 Å². The van der Waals surface area contributed by atoms with Crippen LogP contribution in [0.25, 0.3) is 0 Å². The summed E-state index contributed by atoms with van der Waals surface area (Å²) in [7, 11) is 0. The molecule has 7 heteroatoms. The van der Waals surface area contributed by atoms with Crippen LogP contribution < -0.4 is 0 Å². The van der Waals surface area contributed by atoms with Crippen LogP contribution >= 0.6 is 0 Å². The molecule has 3 aliphatic rings. The van der Waals surface area contributed by atoms with E-state index < -0.39 is 0 Å². The van der Waals surface area contributed by atoms with E-state index in [1.807, 2.05) is 4.90 Å². The van der Waals surface area contributed by atoms with E-state index in [0.29, 0.717) is 31.7 Å². The van der Waals surface area contributed by atoms with Gasteiger partial charge in [0.25, 0.3) is 5.91 Å². The van der Waals surface area contributed by atoms with E-state index in [1.165, 1.54) is 18.7 Å². The van der Waals surface area contributed by atoms with E-state index in [4.69, 9.17) is 4.74 Å². The third kappa shape index (κ3) is 2.88. The Morgan fingerprint density at radius 1 is 1.17 bits per heavy atom. The molecule has 1 aromatic rings. The number of likely N-dealkylation sites (tertiary alicyclic amines) is 2. The average Bonchev–Trinajstić information content (AvgIpc) is 3.23. The van der Waals surface area contributed by atoms with E-state index >= 15 is 0 Å². The first-order valence-electron chi connectivity index (χ1n) is 8.61. The van der Waals surface area contributed by atoms with E-state index in [-0.39, 0.29) is 23.3 Å². The number of hydrogen-bond acceptors (Lipinski definition) is 5. The molecule has 1 aromatic heterocycles. The summed E-state index contributed by atoms with van der Waals surface area (Å²) < 4.78 is 5.97. The van der Waals surface area contributed by atoms with Crippen LogP contribution in [0.5, 0.6) is 0 Å². The summed E-state index contributed by atoms with van der Waals surface area (Å²) in [5.74, 6) is 0.476. The second-order valence-electron chi connectivity index (χ2n) is 7.14. The minimum Gasteiger partial charge on any atom is -0.371 e. The molecule has 7 nitrogen and oxygen atoms in total. The normalized spacial score (nSPS) is 25.1. The fraction of sp³-hybridized carbons (Fsp3) is 0.647. The highest BCUT2D eigenvalue weighted by molar-refractivity contribution is 5.94. The second kappa shape index (κ2) is 6.12. The topological polar surface area (TPSA) is 75.6 Å². The van der Waals surface area contributed by atoms with Crippen molar-refractivity contribution >= 4 is 11.8 Å². The van der Waals surface area contributed by atoms with Crippen LogP contribution in [0.1, 0.15) is 36.0 Å². The van der Waals surface area contributed by atoms with Gasteiger partial charge in [-0.15, -0.1) is 0 Å². The summed E-state index contributed by atoms with van der Waals surface area (Å²) >= 11 is 0. The zero-order valence-corrected chi connectivity index (χ0v) is 13.7. The third-order valence-corrected chi connectivity index (χ3v) is 5.26. The Kier molecular flexibility index (Phi) is 3.96. The van der Waals surface area contributed by atoms with Gasteiger partial charge >= 0.3 is 0 Å². The van der Waals surface area contributed by atoms with Gasteiger partial charge in [0.1, 0.15) is 11.9 Å². The Labute approximate surface area is 141 Å². The van der Waals surface area contributed by atoms with Crippen LogP contribution in [0.2, 0.25) is 0 Å². The lowest BCUT2D eigenvalue weighted by molar-refractivity contribution is -0.131. The summed E-state index contributed by atoms with van der Waals surface area (Å²) in [4.78, 5) is 36.1. The Bertz CT molecular complexity index is 624. The van der Waals surface area contributed by atoms with E-state index in [2.05, 4.69) is 9.97 Å². The highest BCUT2D eigenvalue weighted by Crippen LogP contribution is 2.39. The highest BCUT2D eigenvalue weighted by atomic mass is 16.5. The van der Waals surface area contributed by atoms with Crippen molar-refractivity contribution in [2.75, 3.05) is 32.8 Å². The number of amides is 2. The zero-order valence-electron chi connectivity index (χ0n) is 13.7. The van der Waals surface area contributed by atoms with Crippen LogP contribution in [0.15, 0.2) is 18.7 Å². The smallest absolute Gasteiger partial charge is 0.257 e. The number of nitrogens with zero attached hydrogens (tertiary/aromatic N) is 4. The van der Waals surface area contributed by atoms with Gasteiger partial charge in [0.15, 0.2) is 0 Å². The van der Waals surface area contributed by atoms with E-state index in [0.717, 1.165) is 32.4 Å². The SMILES string of the molecule is O=C(CC1COC2(C1)CN(C(=O)c1cncnc1)C2)N1CCCC1. The summed E-state index contributed by atoms with van der Waals surface area (Å²) in [6, 6.07) is 0. The third-order valence-electron chi connectivity index (χ3n) is 5.26. The minimum atomic E-state index is -0.249. The maximum absolute atomic E-state index is 12.3. The fourth-order valence-corrected chi connectivity index (χ4v) is 4.02. The molecule has 0 aliphatic carbocycles. The quantitative estimate of drug-likeness (QED) is 0.816. The zero-order chi connectivity index (χ0) is 16.6. The van der Waals surface area contributed by atoms with Crippen molar-refractivity contribution in [2.24, 2.45) is 5.92 Å². The number of ether oxygens (including phenoxy) is 1. The van der Waals surface area contributed by atoms with Gasteiger partial charge < -0.3 is 14.5 Å². The van der Waals surface area contributed by atoms with Gasteiger partial charge in [0.2, 0.25) is 5.91 Å². The van der Waals surface area contributed by atoms with Gasteiger partial charge in [-0.3, -0.25) is 9.59 Å². The fourth-order valence-electron chi connectivity index (χ4n) is 4.02. The van der Waals surface area contributed by atoms with Gasteiger partial charge in [0.05, 0.1) is 25.3 Å². The first-order valence-corrected chi connectivity index (χ1v) is 8.61. The van der Waals surface area contributed by atoms with Crippen molar-refractivity contribution in [2.45, 2.75) is 31.3 Å². The minimum absolute atomic E-state index is 0.0542. The number of carbonyl (C=O) groups excluding carboxylic acids is 2. The predicted molar refractivity (Wildman–Crippen MR) is 85.2 cm³/mol. The summed E-state index contributed by atoms with van der Waals surface area (Å²) in [5.41, 5.74) is 0.257. The Morgan fingerprint density at radius 3 is 2.58 bits per heavy atom. The van der Waals surface area contributed by atoms with Gasteiger partial charge in [-0.25, -0.2) is 9.97 Å². The van der Waals surface area contributed by atoms with Crippen LogP contribution in [0.3, 0.4) is 0 Å². The lowest BCUT2D eigenvalue weighted by Crippen LogP contribution is -2.63. The monoisotopic (exact) mass is 330 g/mol. The molecule has 1 unspecified atom stereocenters. The molecular formula is C17H22N4O3. The first kappa shape index (κ1) is 15.5. The molecule has 4 rings (SSSR count). The second-order valence-corrected chi connectivity index (χ2v) is 7.14. The molecule has 0 N–H and O–H groups in total. The Hall–Kier alpha value is -2.02. The molecule has 0 saturated carbocycles. The predicted octanol–water partition coefficient (Wildman–Crippen LogP) is 0.720. The number of hydrogen-bond donors (Lipinski definition) is 0. The van der Waals surface area contributed by atoms with Gasteiger partial charge in [-0.1, -0.05) is 0 Å². The molecule has 3 saturated heterocycles. The first-order chi connectivity index (χ1) is 11.7. The molecule has 0 aromatic carbocycles. The maximum atomic E-state index is 12.3. The molecule has 3 aliphatic heterocycles. The van der Waals surface area contributed by atoms with Gasteiger partial charge in [-0.2, -0.15) is 0 Å². The summed E-state index contributed by atoms with van der Waals surface area (Å²) in [6.45, 7) is 3.61. The number of aromatic nitrogens is 2. The van der Waals surface area contributed by atoms with E-state index in [1.54, 1.807) is 4.90 Å². The Morgan fingerprint density at radius 2 is 1.88 bits per heavy atom. The van der Waals surface area contributed by atoms with Gasteiger partial charge in [-0.05, 0) is 25.2 Å². The molecule has 0 bridgehead atoms. The van der Waals surface area contributed by atoms with Crippen molar-refractivity contribution in [1.29, 1.82) is 0 Å². The van der Waals surface area contributed by atoms with Crippen LogP contribution in [-0.2, 0) is 9.53 Å². The number of carbonyl (C=O) groups is 2. The van der Waals surface area contributed by atoms with Crippen LogP contribution in [-0.4, -0.2) is 70.0 Å². The largest absolute Gasteiger partial charge is 0.371 e. The molecule has 0 radical (unpaired) electrons. The molecule has 2 amide bonds. The van der Waals surface area contributed by atoms with Crippen LogP contribution in [0.4, 0.5) is 0 Å². The molecule has 24 heavy (non-hydrogen) atoms. The molecule has 128 valence electrons. The summed E-state index contributed by atoms with van der Waals surface area (Å²) in [5, 5.41) is 0. The lowest BCUT2D eigenvalue weighted by atomic mass is 9.85. The standard InChI is InChI=1S/C17H22N4O3/c22-15(20-3-1-2-4-20)5-13-6-17(24-9-13)10-21(11-17)16(23)14-7-18-12-19-8-14/h7-8,12-13H,1-6,9-11H2. The molecular weight excluding hydrogens is 308 g/mol. The van der Waals surface area contributed by atoms with Crippen molar-refractivity contribution in [3.05, 3.63) is 24.3 Å². The van der Waals surface area contributed by atoms with E-state index in [9.17, 15) is 9.59 Å². The van der Waals surface area contributed by atoms with Crippen molar-refractivity contribution < 1.29 is 14.3 Å². The van der Waals surface area contributed by atoms with Crippen LogP contribution in [0, 0.1) is 5.92 Å². The van der Waals surface area contributed by atoms with Crippen molar-refractivity contribution in [3.63, 3.8) is 0 Å². The molecule has 1 spiro atoms. The summed E-state index contributed by atoms with van der Waals surface area (Å²) in [6.07, 6.45) is 8.16. The van der Waals surface area contributed by atoms with Crippen molar-refractivity contribution in [1.82, 2.24) is 19.8 Å². The maximum Gasteiger partial charge on any atom is 0.257 e. The number of rotatable bonds is 3. The Balaban J connectivity index is 1.28.